The first-order chi connectivity index (χ1) is 10.1. The Balaban J connectivity index is 1.65. The quantitative estimate of drug-likeness (QED) is 0.802. The van der Waals surface area contributed by atoms with Crippen LogP contribution in [0.15, 0.2) is 42.5 Å². The van der Waals surface area contributed by atoms with Gasteiger partial charge in [0, 0.05) is 12.5 Å². The summed E-state index contributed by atoms with van der Waals surface area (Å²) in [4.78, 5) is 25.7. The second-order valence-electron chi connectivity index (χ2n) is 5.78. The van der Waals surface area contributed by atoms with Gasteiger partial charge in [0.15, 0.2) is 0 Å². The predicted octanol–water partition coefficient (Wildman–Crippen LogP) is 2.79. The minimum Gasteiger partial charge on any atom is -0.445 e. The zero-order valence-electron chi connectivity index (χ0n) is 12.1. The van der Waals surface area contributed by atoms with Crippen molar-refractivity contribution in [3.63, 3.8) is 0 Å². The maximum Gasteiger partial charge on any atom is 0.410 e. The number of piperidine rings is 1. The molecule has 0 aromatic heterocycles. The first-order valence-electron chi connectivity index (χ1n) is 7.31. The summed E-state index contributed by atoms with van der Waals surface area (Å²) >= 11 is 0. The fourth-order valence-corrected chi connectivity index (χ4v) is 3.19. The number of benzene rings is 1. The molecule has 1 aromatic rings. The summed E-state index contributed by atoms with van der Waals surface area (Å²) in [7, 11) is 0. The zero-order valence-corrected chi connectivity index (χ0v) is 12.1. The van der Waals surface area contributed by atoms with Gasteiger partial charge in [0.05, 0.1) is 6.04 Å². The van der Waals surface area contributed by atoms with Gasteiger partial charge in [-0.15, -0.1) is 0 Å². The van der Waals surface area contributed by atoms with Crippen LogP contribution >= 0.6 is 0 Å². The van der Waals surface area contributed by atoms with Crippen LogP contribution in [0.2, 0.25) is 0 Å². The number of amides is 1. The fourth-order valence-electron chi connectivity index (χ4n) is 3.19. The molecule has 0 radical (unpaired) electrons. The van der Waals surface area contributed by atoms with Crippen molar-refractivity contribution in [3.05, 3.63) is 48.0 Å². The first kappa shape index (κ1) is 13.9. The summed E-state index contributed by atoms with van der Waals surface area (Å²) in [6.07, 6.45) is 4.61. The van der Waals surface area contributed by atoms with Gasteiger partial charge in [-0.1, -0.05) is 42.5 Å². The molecule has 0 N–H and O–H groups in total. The van der Waals surface area contributed by atoms with Crippen LogP contribution in [0.5, 0.6) is 0 Å². The third kappa shape index (κ3) is 2.84. The smallest absolute Gasteiger partial charge is 0.410 e. The Morgan fingerprint density at radius 3 is 2.67 bits per heavy atom. The molecule has 2 aliphatic heterocycles. The van der Waals surface area contributed by atoms with Crippen molar-refractivity contribution in [3.8, 4) is 0 Å². The van der Waals surface area contributed by atoms with Crippen molar-refractivity contribution in [2.45, 2.75) is 26.0 Å². The van der Waals surface area contributed by atoms with E-state index < -0.39 is 0 Å². The third-order valence-corrected chi connectivity index (χ3v) is 4.30. The highest BCUT2D eigenvalue weighted by molar-refractivity contribution is 5.81. The number of ketones is 1. The van der Waals surface area contributed by atoms with E-state index in [1.807, 2.05) is 36.4 Å². The van der Waals surface area contributed by atoms with Crippen LogP contribution < -0.4 is 0 Å². The Hall–Kier alpha value is -2.10. The standard InChI is InChI=1S/C17H19NO3/c1-12(19)15-9-14-7-8-16(15)18(10-14)17(20)21-11-13-5-3-2-4-6-13/h2-8,14-16H,9-11H2,1H3/t14-,15+,16+/m1/s1. The number of carbonyl (C=O) groups excluding carboxylic acids is 2. The summed E-state index contributed by atoms with van der Waals surface area (Å²) in [5.41, 5.74) is 0.965. The zero-order chi connectivity index (χ0) is 14.8. The van der Waals surface area contributed by atoms with Gasteiger partial charge in [-0.25, -0.2) is 4.79 Å². The monoisotopic (exact) mass is 285 g/mol. The van der Waals surface area contributed by atoms with Gasteiger partial charge in [0.2, 0.25) is 0 Å². The van der Waals surface area contributed by atoms with Crippen molar-refractivity contribution in [1.82, 2.24) is 4.90 Å². The van der Waals surface area contributed by atoms with Crippen LogP contribution in [-0.2, 0) is 16.1 Å². The molecule has 2 bridgehead atoms. The van der Waals surface area contributed by atoms with Crippen LogP contribution in [0.3, 0.4) is 0 Å². The van der Waals surface area contributed by atoms with Gasteiger partial charge in [-0.05, 0) is 24.8 Å². The van der Waals surface area contributed by atoms with Crippen molar-refractivity contribution >= 4 is 11.9 Å². The van der Waals surface area contributed by atoms with Crippen molar-refractivity contribution in [2.75, 3.05) is 6.54 Å². The minimum atomic E-state index is -0.329. The molecule has 0 unspecified atom stereocenters. The summed E-state index contributed by atoms with van der Waals surface area (Å²) in [5, 5.41) is 0. The number of carbonyl (C=O) groups is 2. The van der Waals surface area contributed by atoms with E-state index in [9.17, 15) is 9.59 Å². The van der Waals surface area contributed by atoms with E-state index in [-0.39, 0.29) is 36.4 Å². The van der Waals surface area contributed by atoms with Crippen molar-refractivity contribution in [1.29, 1.82) is 0 Å². The Labute approximate surface area is 124 Å². The molecular formula is C17H19NO3. The Morgan fingerprint density at radius 1 is 1.24 bits per heavy atom. The predicted molar refractivity (Wildman–Crippen MR) is 78.5 cm³/mol. The molecule has 3 aliphatic rings. The highest BCUT2D eigenvalue weighted by Crippen LogP contribution is 2.35. The second kappa shape index (κ2) is 5.72. The number of Topliss-reactive ketones (excluding diaryl/α,β-unsaturated/α-hetero) is 1. The fraction of sp³-hybridized carbons (Fsp3) is 0.412. The van der Waals surface area contributed by atoms with Crippen LogP contribution in [-0.4, -0.2) is 29.4 Å². The Morgan fingerprint density at radius 2 is 2.00 bits per heavy atom. The van der Waals surface area contributed by atoms with E-state index in [1.54, 1.807) is 11.8 Å². The molecule has 2 heterocycles. The maximum atomic E-state index is 12.3. The van der Waals surface area contributed by atoms with Crippen molar-refractivity contribution in [2.24, 2.45) is 11.8 Å². The molecule has 1 aromatic carbocycles. The molecule has 0 saturated carbocycles. The van der Waals surface area contributed by atoms with Gasteiger partial charge < -0.3 is 9.64 Å². The maximum absolute atomic E-state index is 12.3. The third-order valence-electron chi connectivity index (χ3n) is 4.30. The largest absolute Gasteiger partial charge is 0.445 e. The molecule has 1 fully saturated rings. The number of nitrogens with zero attached hydrogens (tertiary/aromatic N) is 1. The average Bonchev–Trinajstić information content (AvgIpc) is 2.53. The molecule has 0 spiro atoms. The molecule has 4 nitrogen and oxygen atoms in total. The van der Waals surface area contributed by atoms with Crippen LogP contribution in [0.4, 0.5) is 4.79 Å². The topological polar surface area (TPSA) is 46.6 Å². The lowest BCUT2D eigenvalue weighted by Gasteiger charge is -2.44. The highest BCUT2D eigenvalue weighted by atomic mass is 16.6. The average molecular weight is 285 g/mol. The molecule has 1 amide bonds. The van der Waals surface area contributed by atoms with Gasteiger partial charge in [-0.3, -0.25) is 4.79 Å². The molecule has 1 saturated heterocycles. The number of rotatable bonds is 3. The van der Waals surface area contributed by atoms with Gasteiger partial charge in [0.25, 0.3) is 0 Å². The van der Waals surface area contributed by atoms with Crippen LogP contribution in [0, 0.1) is 11.8 Å². The second-order valence-corrected chi connectivity index (χ2v) is 5.78. The van der Waals surface area contributed by atoms with E-state index in [1.165, 1.54) is 0 Å². The molecule has 4 rings (SSSR count). The lowest BCUT2D eigenvalue weighted by molar-refractivity contribution is -0.124. The summed E-state index contributed by atoms with van der Waals surface area (Å²) < 4.78 is 5.39. The van der Waals surface area contributed by atoms with E-state index in [0.717, 1.165) is 12.0 Å². The molecule has 3 atom stereocenters. The Bertz CT molecular complexity index is 567. The number of hydrogen-bond acceptors (Lipinski definition) is 3. The van der Waals surface area contributed by atoms with Crippen LogP contribution in [0.25, 0.3) is 0 Å². The lowest BCUT2D eigenvalue weighted by atomic mass is 9.76. The number of ether oxygens (including phenoxy) is 1. The van der Waals surface area contributed by atoms with Crippen LogP contribution in [0.1, 0.15) is 18.9 Å². The lowest BCUT2D eigenvalue weighted by Crippen LogP contribution is -2.54. The van der Waals surface area contributed by atoms with E-state index in [2.05, 4.69) is 6.08 Å². The summed E-state index contributed by atoms with van der Waals surface area (Å²) in [5.74, 6) is 0.334. The number of hydrogen-bond donors (Lipinski definition) is 0. The Kier molecular flexibility index (Phi) is 3.78. The normalized spacial score (nSPS) is 26.7. The molecule has 4 heteroatoms. The molecule has 110 valence electrons. The summed E-state index contributed by atoms with van der Waals surface area (Å²) in [6.45, 7) is 2.52. The van der Waals surface area contributed by atoms with Gasteiger partial charge >= 0.3 is 6.09 Å². The molecule has 21 heavy (non-hydrogen) atoms. The summed E-state index contributed by atoms with van der Waals surface area (Å²) in [6, 6.07) is 9.47. The SMILES string of the molecule is CC(=O)[C@@H]1C[C@H]2C=C[C@@H]1N(C(=O)OCc1ccccc1)C2. The molecular weight excluding hydrogens is 266 g/mol. The van der Waals surface area contributed by atoms with Gasteiger partial charge in [-0.2, -0.15) is 0 Å². The van der Waals surface area contributed by atoms with Crippen molar-refractivity contribution < 1.29 is 14.3 Å². The van der Waals surface area contributed by atoms with E-state index in [4.69, 9.17) is 4.74 Å². The van der Waals surface area contributed by atoms with E-state index >= 15 is 0 Å². The van der Waals surface area contributed by atoms with Gasteiger partial charge in [0.1, 0.15) is 12.4 Å². The minimum absolute atomic E-state index is 0.0852. The highest BCUT2D eigenvalue weighted by Gasteiger charge is 2.42. The van der Waals surface area contributed by atoms with E-state index in [0.29, 0.717) is 6.54 Å². The molecule has 1 aliphatic carbocycles. The number of fused-ring (bicyclic) bond motifs is 2. The first-order valence-corrected chi connectivity index (χ1v) is 7.31.